The summed E-state index contributed by atoms with van der Waals surface area (Å²) in [6.07, 6.45) is 5.90. The average molecular weight is 249 g/mol. The highest BCUT2D eigenvalue weighted by Crippen LogP contribution is 2.37. The molecule has 0 atom stereocenters. The van der Waals surface area contributed by atoms with Crippen LogP contribution in [0.3, 0.4) is 0 Å². The molecular formula is C13H23N5. The number of hydrogen-bond acceptors (Lipinski definition) is 5. The number of nitrogens with zero attached hydrogens (tertiary/aromatic N) is 2. The highest BCUT2D eigenvalue weighted by molar-refractivity contribution is 5.52. The van der Waals surface area contributed by atoms with E-state index in [9.17, 15) is 0 Å². The third-order valence-corrected chi connectivity index (χ3v) is 3.68. The van der Waals surface area contributed by atoms with E-state index in [4.69, 9.17) is 5.73 Å². The maximum Gasteiger partial charge on any atom is 0.223 e. The van der Waals surface area contributed by atoms with Gasteiger partial charge in [0.05, 0.1) is 0 Å². The highest BCUT2D eigenvalue weighted by atomic mass is 15.1. The van der Waals surface area contributed by atoms with Crippen molar-refractivity contribution in [2.24, 2.45) is 0 Å². The Balaban J connectivity index is 2.09. The standard InChI is InChI=1S/C13H23N5/c1-3-8-15-10-9-11(17-12(14)16-10)18-13(4-2)6-5-7-13/h9H,3-8H2,1-2H3,(H4,14,15,16,17,18). The van der Waals surface area contributed by atoms with Gasteiger partial charge in [0.15, 0.2) is 0 Å². The molecular weight excluding hydrogens is 226 g/mol. The molecule has 100 valence electrons. The molecule has 1 aromatic rings. The Kier molecular flexibility index (Phi) is 3.89. The van der Waals surface area contributed by atoms with Crippen LogP contribution < -0.4 is 16.4 Å². The van der Waals surface area contributed by atoms with E-state index in [1.54, 1.807) is 0 Å². The molecule has 4 N–H and O–H groups in total. The van der Waals surface area contributed by atoms with Crippen molar-refractivity contribution in [2.45, 2.75) is 51.5 Å². The molecule has 0 bridgehead atoms. The summed E-state index contributed by atoms with van der Waals surface area (Å²) in [5.74, 6) is 1.96. The minimum atomic E-state index is 0.225. The van der Waals surface area contributed by atoms with Crippen molar-refractivity contribution >= 4 is 17.6 Å². The Bertz CT molecular complexity index is 395. The maximum absolute atomic E-state index is 5.75. The van der Waals surface area contributed by atoms with Gasteiger partial charge in [-0.05, 0) is 32.1 Å². The van der Waals surface area contributed by atoms with Gasteiger partial charge in [0.25, 0.3) is 0 Å². The minimum absolute atomic E-state index is 0.225. The molecule has 0 aromatic carbocycles. The van der Waals surface area contributed by atoms with E-state index < -0.39 is 0 Å². The van der Waals surface area contributed by atoms with Gasteiger partial charge in [-0.15, -0.1) is 0 Å². The van der Waals surface area contributed by atoms with Crippen molar-refractivity contribution in [3.05, 3.63) is 6.07 Å². The fraction of sp³-hybridized carbons (Fsp3) is 0.692. The predicted octanol–water partition coefficient (Wildman–Crippen LogP) is 2.63. The number of nitrogens with two attached hydrogens (primary N) is 1. The van der Waals surface area contributed by atoms with E-state index >= 15 is 0 Å². The molecule has 2 rings (SSSR count). The molecule has 0 saturated heterocycles. The van der Waals surface area contributed by atoms with Gasteiger partial charge in [-0.25, -0.2) is 0 Å². The Hall–Kier alpha value is -1.52. The van der Waals surface area contributed by atoms with E-state index in [1.807, 2.05) is 6.07 Å². The van der Waals surface area contributed by atoms with Gasteiger partial charge in [-0.1, -0.05) is 13.8 Å². The number of rotatable bonds is 6. The van der Waals surface area contributed by atoms with Crippen LogP contribution in [0.5, 0.6) is 0 Å². The smallest absolute Gasteiger partial charge is 0.223 e. The lowest BCUT2D eigenvalue weighted by Crippen LogP contribution is -2.44. The lowest BCUT2D eigenvalue weighted by atomic mass is 9.75. The number of anilines is 3. The van der Waals surface area contributed by atoms with Gasteiger partial charge in [-0.2, -0.15) is 9.97 Å². The van der Waals surface area contributed by atoms with E-state index in [2.05, 4.69) is 34.4 Å². The zero-order chi connectivity index (χ0) is 13.0. The number of hydrogen-bond donors (Lipinski definition) is 3. The van der Waals surface area contributed by atoms with Crippen LogP contribution in [-0.4, -0.2) is 22.1 Å². The first-order valence-corrected chi connectivity index (χ1v) is 6.84. The summed E-state index contributed by atoms with van der Waals surface area (Å²) in [7, 11) is 0. The van der Waals surface area contributed by atoms with E-state index in [-0.39, 0.29) is 5.54 Å². The van der Waals surface area contributed by atoms with Gasteiger partial charge in [0.2, 0.25) is 5.95 Å². The lowest BCUT2D eigenvalue weighted by Gasteiger charge is -2.42. The molecule has 0 unspecified atom stereocenters. The summed E-state index contributed by atoms with van der Waals surface area (Å²) >= 11 is 0. The average Bonchev–Trinajstić information content (AvgIpc) is 2.30. The van der Waals surface area contributed by atoms with Crippen molar-refractivity contribution in [1.29, 1.82) is 0 Å². The second-order valence-electron chi connectivity index (χ2n) is 5.04. The van der Waals surface area contributed by atoms with Crippen LogP contribution in [0.4, 0.5) is 17.6 Å². The van der Waals surface area contributed by atoms with Crippen LogP contribution >= 0.6 is 0 Å². The molecule has 1 heterocycles. The summed E-state index contributed by atoms with van der Waals surface area (Å²) in [6.45, 7) is 5.24. The monoisotopic (exact) mass is 249 g/mol. The van der Waals surface area contributed by atoms with Crippen molar-refractivity contribution in [3.63, 3.8) is 0 Å². The SMILES string of the molecule is CCCNc1cc(NC2(CC)CCC2)nc(N)n1. The highest BCUT2D eigenvalue weighted by Gasteiger charge is 2.35. The topological polar surface area (TPSA) is 75.9 Å². The first-order valence-electron chi connectivity index (χ1n) is 6.84. The van der Waals surface area contributed by atoms with Gasteiger partial charge < -0.3 is 16.4 Å². The number of aromatic nitrogens is 2. The molecule has 1 aromatic heterocycles. The van der Waals surface area contributed by atoms with Crippen LogP contribution in [0.2, 0.25) is 0 Å². The van der Waals surface area contributed by atoms with Crippen LogP contribution in [0.15, 0.2) is 6.07 Å². The summed E-state index contributed by atoms with van der Waals surface area (Å²) in [6, 6.07) is 1.95. The summed E-state index contributed by atoms with van der Waals surface area (Å²) in [5, 5.41) is 6.77. The molecule has 1 aliphatic carbocycles. The summed E-state index contributed by atoms with van der Waals surface area (Å²) < 4.78 is 0. The molecule has 18 heavy (non-hydrogen) atoms. The maximum atomic E-state index is 5.75. The van der Waals surface area contributed by atoms with Gasteiger partial charge >= 0.3 is 0 Å². The normalized spacial score (nSPS) is 17.0. The zero-order valence-corrected chi connectivity index (χ0v) is 11.3. The zero-order valence-electron chi connectivity index (χ0n) is 11.3. The summed E-state index contributed by atoms with van der Waals surface area (Å²) in [5.41, 5.74) is 5.97. The van der Waals surface area contributed by atoms with E-state index in [1.165, 1.54) is 19.3 Å². The quantitative estimate of drug-likeness (QED) is 0.722. The molecule has 1 saturated carbocycles. The van der Waals surface area contributed by atoms with Crippen molar-refractivity contribution < 1.29 is 0 Å². The van der Waals surface area contributed by atoms with Crippen molar-refractivity contribution in [3.8, 4) is 0 Å². The third-order valence-electron chi connectivity index (χ3n) is 3.68. The molecule has 0 amide bonds. The van der Waals surface area contributed by atoms with Gasteiger partial charge in [-0.3, -0.25) is 0 Å². The first kappa shape index (κ1) is 12.9. The number of nitrogen functional groups attached to an aromatic ring is 1. The molecule has 1 aliphatic rings. The van der Waals surface area contributed by atoms with Crippen molar-refractivity contribution in [1.82, 2.24) is 9.97 Å². The second-order valence-corrected chi connectivity index (χ2v) is 5.04. The lowest BCUT2D eigenvalue weighted by molar-refractivity contribution is 0.269. The fourth-order valence-electron chi connectivity index (χ4n) is 2.32. The predicted molar refractivity (Wildman–Crippen MR) is 75.7 cm³/mol. The van der Waals surface area contributed by atoms with Crippen LogP contribution in [0.25, 0.3) is 0 Å². The van der Waals surface area contributed by atoms with Crippen molar-refractivity contribution in [2.75, 3.05) is 22.9 Å². The van der Waals surface area contributed by atoms with Gasteiger partial charge in [0.1, 0.15) is 11.6 Å². The molecule has 0 radical (unpaired) electrons. The van der Waals surface area contributed by atoms with Crippen LogP contribution in [0, 0.1) is 0 Å². The number of nitrogens with one attached hydrogen (secondary N) is 2. The molecule has 1 fully saturated rings. The van der Waals surface area contributed by atoms with Crippen LogP contribution in [0.1, 0.15) is 46.0 Å². The molecule has 0 spiro atoms. The molecule has 5 nitrogen and oxygen atoms in total. The largest absolute Gasteiger partial charge is 0.370 e. The Morgan fingerprint density at radius 2 is 2.00 bits per heavy atom. The fourth-order valence-corrected chi connectivity index (χ4v) is 2.32. The second kappa shape index (κ2) is 5.42. The third kappa shape index (κ3) is 2.83. The van der Waals surface area contributed by atoms with Crippen LogP contribution in [-0.2, 0) is 0 Å². The minimum Gasteiger partial charge on any atom is -0.370 e. The van der Waals surface area contributed by atoms with E-state index in [0.717, 1.165) is 31.0 Å². The first-order chi connectivity index (χ1) is 8.67. The van der Waals surface area contributed by atoms with E-state index in [0.29, 0.717) is 5.95 Å². The molecule has 0 aliphatic heterocycles. The summed E-state index contributed by atoms with van der Waals surface area (Å²) in [4.78, 5) is 8.46. The Labute approximate surface area is 109 Å². The Morgan fingerprint density at radius 3 is 2.56 bits per heavy atom. The molecule has 5 heteroatoms. The van der Waals surface area contributed by atoms with Gasteiger partial charge in [0, 0.05) is 18.2 Å². The Morgan fingerprint density at radius 1 is 1.28 bits per heavy atom.